The quantitative estimate of drug-likeness (QED) is 0.620. The summed E-state index contributed by atoms with van der Waals surface area (Å²) in [5.74, 6) is -0.129. The Morgan fingerprint density at radius 2 is 1.80 bits per heavy atom. The van der Waals surface area contributed by atoms with Crippen LogP contribution in [0.2, 0.25) is 0 Å². The van der Waals surface area contributed by atoms with E-state index in [0.717, 1.165) is 16.5 Å². The Morgan fingerprint density at radius 1 is 1.04 bits per heavy atom. The number of carbonyl (C=O) groups excluding carboxylic acids is 1. The second kappa shape index (κ2) is 6.28. The van der Waals surface area contributed by atoms with E-state index >= 15 is 0 Å². The predicted octanol–water partition coefficient (Wildman–Crippen LogP) is 3.68. The van der Waals surface area contributed by atoms with Gasteiger partial charge in [0, 0.05) is 30.3 Å². The average Bonchev–Trinajstić information content (AvgIpc) is 3.21. The minimum Gasteiger partial charge on any atom is -0.350 e. The number of fused-ring (bicyclic) bond motifs is 1. The predicted molar refractivity (Wildman–Crippen MR) is 98.6 cm³/mol. The van der Waals surface area contributed by atoms with Gasteiger partial charge in [-0.3, -0.25) is 9.48 Å². The van der Waals surface area contributed by atoms with Gasteiger partial charge < -0.3 is 9.88 Å². The normalized spacial score (nSPS) is 10.9. The van der Waals surface area contributed by atoms with E-state index in [1.54, 1.807) is 6.20 Å². The summed E-state index contributed by atoms with van der Waals surface area (Å²) in [5, 5.41) is 8.20. The first-order valence-corrected chi connectivity index (χ1v) is 8.12. The number of aryl methyl sites for hydroxylation is 1. The molecule has 1 amide bonds. The third-order valence-electron chi connectivity index (χ3n) is 4.22. The Kier molecular flexibility index (Phi) is 3.82. The minimum atomic E-state index is -0.129. The van der Waals surface area contributed by atoms with E-state index in [1.807, 2.05) is 71.2 Å². The van der Waals surface area contributed by atoms with Crippen molar-refractivity contribution in [1.82, 2.24) is 14.3 Å². The molecule has 0 aliphatic heterocycles. The fourth-order valence-corrected chi connectivity index (χ4v) is 3.01. The maximum atomic E-state index is 12.6. The lowest BCUT2D eigenvalue weighted by atomic mass is 10.1. The van der Waals surface area contributed by atoms with Crippen molar-refractivity contribution in [2.75, 3.05) is 5.32 Å². The van der Waals surface area contributed by atoms with Gasteiger partial charge in [-0.15, -0.1) is 0 Å². The zero-order valence-corrected chi connectivity index (χ0v) is 13.9. The van der Waals surface area contributed by atoms with Crippen molar-refractivity contribution in [2.24, 2.45) is 7.05 Å². The van der Waals surface area contributed by atoms with Crippen molar-refractivity contribution in [3.63, 3.8) is 0 Å². The first kappa shape index (κ1) is 15.2. The Bertz CT molecular complexity index is 1030. The summed E-state index contributed by atoms with van der Waals surface area (Å²) < 4.78 is 3.77. The van der Waals surface area contributed by atoms with Crippen molar-refractivity contribution < 1.29 is 4.79 Å². The van der Waals surface area contributed by atoms with Gasteiger partial charge in [0.05, 0.1) is 24.0 Å². The molecule has 0 saturated heterocycles. The molecule has 0 unspecified atom stereocenters. The molecule has 0 radical (unpaired) electrons. The van der Waals surface area contributed by atoms with Gasteiger partial charge in [-0.1, -0.05) is 48.5 Å². The topological polar surface area (TPSA) is 51.9 Å². The van der Waals surface area contributed by atoms with Gasteiger partial charge in [0.15, 0.2) is 0 Å². The highest BCUT2D eigenvalue weighted by Gasteiger charge is 2.14. The van der Waals surface area contributed by atoms with Gasteiger partial charge in [-0.05, 0) is 11.6 Å². The molecule has 0 atom stereocenters. The zero-order valence-electron chi connectivity index (χ0n) is 13.9. The number of rotatable bonds is 4. The van der Waals surface area contributed by atoms with Crippen molar-refractivity contribution >= 4 is 22.5 Å². The molecule has 4 rings (SSSR count). The van der Waals surface area contributed by atoms with Crippen LogP contribution in [0.5, 0.6) is 0 Å². The molecule has 0 aliphatic rings. The molecule has 0 fully saturated rings. The molecule has 0 saturated carbocycles. The molecule has 25 heavy (non-hydrogen) atoms. The highest BCUT2D eigenvalue weighted by atomic mass is 16.1. The smallest absolute Gasteiger partial charge is 0.257 e. The molecule has 124 valence electrons. The van der Waals surface area contributed by atoms with E-state index in [-0.39, 0.29) is 5.91 Å². The van der Waals surface area contributed by atoms with Crippen LogP contribution in [-0.2, 0) is 13.6 Å². The summed E-state index contributed by atoms with van der Waals surface area (Å²) in [5.41, 5.74) is 3.55. The molecule has 2 heterocycles. The molecule has 5 nitrogen and oxygen atoms in total. The number of nitrogens with zero attached hydrogens (tertiary/aromatic N) is 3. The number of hydrogen-bond acceptors (Lipinski definition) is 2. The first-order valence-electron chi connectivity index (χ1n) is 8.12. The monoisotopic (exact) mass is 330 g/mol. The van der Waals surface area contributed by atoms with Gasteiger partial charge in [-0.2, -0.15) is 5.10 Å². The van der Waals surface area contributed by atoms with Crippen LogP contribution in [0.1, 0.15) is 15.9 Å². The van der Waals surface area contributed by atoms with E-state index in [1.165, 1.54) is 0 Å². The van der Waals surface area contributed by atoms with E-state index in [0.29, 0.717) is 17.8 Å². The Balaban J connectivity index is 1.53. The number of hydrogen-bond donors (Lipinski definition) is 1. The number of para-hydroxylation sites is 1. The number of carbonyl (C=O) groups is 1. The standard InChI is InChI=1S/C20H18N4O/c1-23-14-18(17-9-5-6-10-19(17)23)20(25)22-16-11-21-24(13-16)12-15-7-3-2-4-8-15/h2-11,13-14H,12H2,1H3,(H,22,25). The van der Waals surface area contributed by atoms with Crippen LogP contribution < -0.4 is 5.32 Å². The van der Waals surface area contributed by atoms with Crippen LogP contribution in [0.4, 0.5) is 5.69 Å². The Hall–Kier alpha value is -3.34. The second-order valence-electron chi connectivity index (χ2n) is 6.04. The van der Waals surface area contributed by atoms with Crippen LogP contribution in [0.3, 0.4) is 0 Å². The molecule has 2 aromatic carbocycles. The number of nitrogens with one attached hydrogen (secondary N) is 1. The van der Waals surface area contributed by atoms with E-state index < -0.39 is 0 Å². The summed E-state index contributed by atoms with van der Waals surface area (Å²) >= 11 is 0. The van der Waals surface area contributed by atoms with Gasteiger partial charge in [0.25, 0.3) is 5.91 Å². The van der Waals surface area contributed by atoms with Crippen molar-refractivity contribution in [1.29, 1.82) is 0 Å². The van der Waals surface area contributed by atoms with Crippen molar-refractivity contribution in [3.8, 4) is 0 Å². The van der Waals surface area contributed by atoms with Gasteiger partial charge in [0.1, 0.15) is 0 Å². The second-order valence-corrected chi connectivity index (χ2v) is 6.04. The van der Waals surface area contributed by atoms with Gasteiger partial charge in [-0.25, -0.2) is 0 Å². The van der Waals surface area contributed by atoms with Crippen LogP contribution >= 0.6 is 0 Å². The Labute approximate surface area is 145 Å². The molecule has 0 aliphatic carbocycles. The molecule has 4 aromatic rings. The highest BCUT2D eigenvalue weighted by Crippen LogP contribution is 2.21. The molecule has 2 aromatic heterocycles. The third-order valence-corrected chi connectivity index (χ3v) is 4.22. The van der Waals surface area contributed by atoms with Crippen LogP contribution in [0.15, 0.2) is 73.2 Å². The van der Waals surface area contributed by atoms with Crippen molar-refractivity contribution in [3.05, 3.63) is 84.3 Å². The highest BCUT2D eigenvalue weighted by molar-refractivity contribution is 6.12. The van der Waals surface area contributed by atoms with E-state index in [2.05, 4.69) is 22.5 Å². The summed E-state index contributed by atoms with van der Waals surface area (Å²) in [7, 11) is 1.94. The number of aromatic nitrogens is 3. The lowest BCUT2D eigenvalue weighted by molar-refractivity contribution is 0.102. The fraction of sp³-hybridized carbons (Fsp3) is 0.100. The molecule has 0 spiro atoms. The van der Waals surface area contributed by atoms with Gasteiger partial charge >= 0.3 is 0 Å². The van der Waals surface area contributed by atoms with Crippen LogP contribution in [0, 0.1) is 0 Å². The maximum Gasteiger partial charge on any atom is 0.257 e. The maximum absolute atomic E-state index is 12.6. The summed E-state index contributed by atoms with van der Waals surface area (Å²) in [6.07, 6.45) is 5.37. The summed E-state index contributed by atoms with van der Waals surface area (Å²) in [4.78, 5) is 12.6. The van der Waals surface area contributed by atoms with Crippen molar-refractivity contribution in [2.45, 2.75) is 6.54 Å². The van der Waals surface area contributed by atoms with Gasteiger partial charge in [0.2, 0.25) is 0 Å². The number of anilines is 1. The third kappa shape index (κ3) is 3.04. The number of benzene rings is 2. The van der Waals surface area contributed by atoms with E-state index in [9.17, 15) is 4.79 Å². The Morgan fingerprint density at radius 3 is 2.64 bits per heavy atom. The summed E-state index contributed by atoms with van der Waals surface area (Å²) in [6, 6.07) is 18.0. The number of amides is 1. The molecular formula is C20H18N4O. The van der Waals surface area contributed by atoms with E-state index in [4.69, 9.17) is 0 Å². The zero-order chi connectivity index (χ0) is 17.2. The van der Waals surface area contributed by atoms with Crippen LogP contribution in [-0.4, -0.2) is 20.3 Å². The molecule has 0 bridgehead atoms. The fourth-order valence-electron chi connectivity index (χ4n) is 3.01. The molecule has 1 N–H and O–H groups in total. The minimum absolute atomic E-state index is 0.129. The largest absolute Gasteiger partial charge is 0.350 e. The lowest BCUT2D eigenvalue weighted by Gasteiger charge is -2.02. The SMILES string of the molecule is Cn1cc(C(=O)Nc2cnn(Cc3ccccc3)c2)c2ccccc21. The van der Waals surface area contributed by atoms with Crippen LogP contribution in [0.25, 0.3) is 10.9 Å². The summed E-state index contributed by atoms with van der Waals surface area (Å²) in [6.45, 7) is 0.672. The lowest BCUT2D eigenvalue weighted by Crippen LogP contribution is -2.11. The molecule has 5 heteroatoms. The average molecular weight is 330 g/mol. The molecular weight excluding hydrogens is 312 g/mol. The first-order chi connectivity index (χ1) is 12.2.